The molecule has 1 saturated carbocycles. The van der Waals surface area contributed by atoms with E-state index in [4.69, 9.17) is 4.74 Å². The summed E-state index contributed by atoms with van der Waals surface area (Å²) in [5.41, 5.74) is 3.06. The summed E-state index contributed by atoms with van der Waals surface area (Å²) in [6.45, 7) is 6.26. The van der Waals surface area contributed by atoms with E-state index in [0.717, 1.165) is 35.3 Å². The van der Waals surface area contributed by atoms with Crippen molar-refractivity contribution in [3.8, 4) is 11.5 Å². The number of aromatic hydroxyl groups is 1. The van der Waals surface area contributed by atoms with Crippen LogP contribution in [0.4, 0.5) is 0 Å². The summed E-state index contributed by atoms with van der Waals surface area (Å²) in [7, 11) is 0. The van der Waals surface area contributed by atoms with Crippen LogP contribution in [0, 0.1) is 6.92 Å². The van der Waals surface area contributed by atoms with E-state index in [1.165, 1.54) is 6.42 Å². The lowest BCUT2D eigenvalue weighted by atomic mass is 9.78. The number of phenolic OH excluding ortho intramolecular Hbond substituents is 1. The predicted octanol–water partition coefficient (Wildman–Crippen LogP) is 4.15. The van der Waals surface area contributed by atoms with Gasteiger partial charge in [-0.1, -0.05) is 19.9 Å². The van der Waals surface area contributed by atoms with Gasteiger partial charge in [-0.3, -0.25) is 0 Å². The van der Waals surface area contributed by atoms with E-state index < -0.39 is 0 Å². The van der Waals surface area contributed by atoms with Crippen molar-refractivity contribution in [2.75, 3.05) is 0 Å². The van der Waals surface area contributed by atoms with E-state index in [1.54, 1.807) is 0 Å². The minimum Gasteiger partial charge on any atom is -0.508 e. The SMILES string of the molecule is Cc1c2c(cc(O)c1C(C)C)C=CC1(CCC1)O2. The van der Waals surface area contributed by atoms with Gasteiger partial charge in [-0.05, 0) is 49.8 Å². The summed E-state index contributed by atoms with van der Waals surface area (Å²) in [6, 6.07) is 1.83. The molecule has 18 heavy (non-hydrogen) atoms. The Balaban J connectivity index is 2.12. The molecule has 1 heterocycles. The smallest absolute Gasteiger partial charge is 0.131 e. The number of hydrogen-bond donors (Lipinski definition) is 1. The second-order valence-corrected chi connectivity index (χ2v) is 5.86. The van der Waals surface area contributed by atoms with Crippen LogP contribution in [0.5, 0.6) is 11.5 Å². The van der Waals surface area contributed by atoms with Crippen molar-refractivity contribution in [2.45, 2.75) is 51.6 Å². The van der Waals surface area contributed by atoms with Crippen molar-refractivity contribution in [1.29, 1.82) is 0 Å². The van der Waals surface area contributed by atoms with Crippen LogP contribution >= 0.6 is 0 Å². The van der Waals surface area contributed by atoms with E-state index in [2.05, 4.69) is 32.9 Å². The second-order valence-electron chi connectivity index (χ2n) is 5.86. The third-order valence-electron chi connectivity index (χ3n) is 4.22. The van der Waals surface area contributed by atoms with Crippen molar-refractivity contribution in [3.63, 3.8) is 0 Å². The highest BCUT2D eigenvalue weighted by Gasteiger charge is 2.39. The zero-order valence-electron chi connectivity index (χ0n) is 11.3. The zero-order chi connectivity index (χ0) is 12.9. The first kappa shape index (κ1) is 11.6. The van der Waals surface area contributed by atoms with Crippen molar-refractivity contribution in [1.82, 2.24) is 0 Å². The Labute approximate surface area is 108 Å². The molecule has 0 amide bonds. The summed E-state index contributed by atoms with van der Waals surface area (Å²) in [4.78, 5) is 0. The first-order chi connectivity index (χ1) is 8.52. The topological polar surface area (TPSA) is 29.5 Å². The quantitative estimate of drug-likeness (QED) is 0.804. The van der Waals surface area contributed by atoms with Crippen LogP contribution in [-0.2, 0) is 0 Å². The molecule has 1 aromatic carbocycles. The Bertz CT molecular complexity index is 522. The van der Waals surface area contributed by atoms with E-state index in [0.29, 0.717) is 11.7 Å². The van der Waals surface area contributed by atoms with Crippen LogP contribution in [0.2, 0.25) is 0 Å². The van der Waals surface area contributed by atoms with Gasteiger partial charge in [0, 0.05) is 11.1 Å². The zero-order valence-corrected chi connectivity index (χ0v) is 11.3. The Morgan fingerprint density at radius 3 is 2.61 bits per heavy atom. The maximum absolute atomic E-state index is 10.1. The minimum absolute atomic E-state index is 0.0526. The molecule has 1 aliphatic heterocycles. The molecule has 2 heteroatoms. The van der Waals surface area contributed by atoms with Crippen molar-refractivity contribution in [3.05, 3.63) is 28.8 Å². The minimum atomic E-state index is -0.0526. The lowest BCUT2D eigenvalue weighted by Gasteiger charge is -2.42. The molecule has 0 saturated heterocycles. The third-order valence-corrected chi connectivity index (χ3v) is 4.22. The molecule has 1 aliphatic carbocycles. The average Bonchev–Trinajstić information content (AvgIpc) is 2.26. The van der Waals surface area contributed by atoms with Gasteiger partial charge in [-0.15, -0.1) is 0 Å². The highest BCUT2D eigenvalue weighted by Crippen LogP contribution is 2.47. The molecule has 1 fully saturated rings. The number of benzene rings is 1. The molecular formula is C16H20O2. The van der Waals surface area contributed by atoms with Crippen LogP contribution in [0.3, 0.4) is 0 Å². The monoisotopic (exact) mass is 244 g/mol. The number of phenols is 1. The highest BCUT2D eigenvalue weighted by atomic mass is 16.5. The van der Waals surface area contributed by atoms with Gasteiger partial charge >= 0.3 is 0 Å². The van der Waals surface area contributed by atoms with Gasteiger partial charge in [0.25, 0.3) is 0 Å². The lowest BCUT2D eigenvalue weighted by Crippen LogP contribution is -2.42. The first-order valence-electron chi connectivity index (χ1n) is 6.77. The lowest BCUT2D eigenvalue weighted by molar-refractivity contribution is 0.0374. The van der Waals surface area contributed by atoms with Crippen molar-refractivity contribution < 1.29 is 9.84 Å². The summed E-state index contributed by atoms with van der Waals surface area (Å²) in [5, 5.41) is 10.1. The van der Waals surface area contributed by atoms with Gasteiger partial charge in [-0.2, -0.15) is 0 Å². The molecule has 0 atom stereocenters. The molecule has 1 N–H and O–H groups in total. The molecule has 3 rings (SSSR count). The van der Waals surface area contributed by atoms with Gasteiger partial charge in [0.15, 0.2) is 0 Å². The van der Waals surface area contributed by atoms with E-state index >= 15 is 0 Å². The molecule has 0 aromatic heterocycles. The molecule has 96 valence electrons. The number of rotatable bonds is 1. The van der Waals surface area contributed by atoms with Crippen LogP contribution in [0.25, 0.3) is 6.08 Å². The van der Waals surface area contributed by atoms with Gasteiger partial charge in [0.2, 0.25) is 0 Å². The second kappa shape index (κ2) is 3.78. The fourth-order valence-corrected chi connectivity index (χ4v) is 3.08. The standard InChI is InChI=1S/C16H20O2/c1-10(2)14-11(3)15-12(9-13(14)17)5-8-16(18-15)6-4-7-16/h5,8-10,17H,4,6-7H2,1-3H3. The molecule has 0 bridgehead atoms. The van der Waals surface area contributed by atoms with E-state index in [1.807, 2.05) is 6.07 Å². The predicted molar refractivity (Wildman–Crippen MR) is 73.2 cm³/mol. The largest absolute Gasteiger partial charge is 0.508 e. The summed E-state index contributed by atoms with van der Waals surface area (Å²) >= 11 is 0. The molecule has 1 aromatic rings. The van der Waals surface area contributed by atoms with E-state index in [9.17, 15) is 5.11 Å². The molecule has 0 radical (unpaired) electrons. The number of ether oxygens (including phenoxy) is 1. The van der Waals surface area contributed by atoms with Crippen molar-refractivity contribution >= 4 is 6.08 Å². The Morgan fingerprint density at radius 1 is 1.33 bits per heavy atom. The summed E-state index contributed by atoms with van der Waals surface area (Å²) in [6.07, 6.45) is 7.73. The number of hydrogen-bond acceptors (Lipinski definition) is 2. The summed E-state index contributed by atoms with van der Waals surface area (Å²) < 4.78 is 6.23. The molecule has 1 spiro atoms. The van der Waals surface area contributed by atoms with Crippen molar-refractivity contribution in [2.24, 2.45) is 0 Å². The van der Waals surface area contributed by atoms with Crippen LogP contribution < -0.4 is 4.74 Å². The van der Waals surface area contributed by atoms with Gasteiger partial charge < -0.3 is 9.84 Å². The molecule has 2 aliphatic rings. The molecule has 2 nitrogen and oxygen atoms in total. The highest BCUT2D eigenvalue weighted by molar-refractivity contribution is 5.68. The third kappa shape index (κ3) is 1.55. The number of fused-ring (bicyclic) bond motifs is 1. The Kier molecular flexibility index (Phi) is 2.44. The molecule has 0 unspecified atom stereocenters. The Morgan fingerprint density at radius 2 is 2.06 bits per heavy atom. The maximum atomic E-state index is 10.1. The Hall–Kier alpha value is -1.44. The fourth-order valence-electron chi connectivity index (χ4n) is 3.08. The van der Waals surface area contributed by atoms with E-state index in [-0.39, 0.29) is 5.60 Å². The van der Waals surface area contributed by atoms with Crippen LogP contribution in [0.1, 0.15) is 55.7 Å². The van der Waals surface area contributed by atoms with Crippen LogP contribution in [-0.4, -0.2) is 10.7 Å². The van der Waals surface area contributed by atoms with Gasteiger partial charge in [0.1, 0.15) is 17.1 Å². The fraction of sp³-hybridized carbons (Fsp3) is 0.500. The van der Waals surface area contributed by atoms with Crippen LogP contribution in [0.15, 0.2) is 12.1 Å². The molecular weight excluding hydrogens is 224 g/mol. The normalized spacial score (nSPS) is 19.6. The van der Waals surface area contributed by atoms with Gasteiger partial charge in [-0.25, -0.2) is 0 Å². The van der Waals surface area contributed by atoms with Gasteiger partial charge in [0.05, 0.1) is 0 Å². The first-order valence-corrected chi connectivity index (χ1v) is 6.77. The maximum Gasteiger partial charge on any atom is 0.131 e. The average molecular weight is 244 g/mol. The summed E-state index contributed by atoms with van der Waals surface area (Å²) in [5.74, 6) is 1.67.